The summed E-state index contributed by atoms with van der Waals surface area (Å²) in [7, 11) is 0. The third kappa shape index (κ3) is 4.67. The van der Waals surface area contributed by atoms with Gasteiger partial charge < -0.3 is 10.0 Å². The van der Waals surface area contributed by atoms with E-state index in [1.807, 2.05) is 0 Å². The van der Waals surface area contributed by atoms with Crippen LogP contribution in [0.1, 0.15) is 46.0 Å². The minimum absolute atomic E-state index is 0.334. The Morgan fingerprint density at radius 1 is 0.958 bits per heavy atom. The van der Waals surface area contributed by atoms with E-state index in [1.165, 1.54) is 69.9 Å². The molecule has 3 fully saturated rings. The third-order valence-electron chi connectivity index (χ3n) is 6.43. The average molecular weight is 356 g/mol. The molecule has 3 aliphatic rings. The van der Waals surface area contributed by atoms with Crippen LogP contribution in [0.3, 0.4) is 0 Å². The van der Waals surface area contributed by atoms with Gasteiger partial charge in [-0.1, -0.05) is 0 Å². The monoisotopic (exact) mass is 355 g/mol. The van der Waals surface area contributed by atoms with Crippen molar-refractivity contribution < 1.29 is 5.11 Å². The molecule has 0 unspecified atom stereocenters. The minimum atomic E-state index is 0.334. The Bertz CT molecular complexity index is 368. The number of aliphatic hydroxyl groups excluding tert-OH is 1. The van der Waals surface area contributed by atoms with Gasteiger partial charge in [-0.05, 0) is 70.5 Å². The molecule has 140 valence electrons. The molecular weight excluding hydrogens is 318 g/mol. The lowest BCUT2D eigenvalue weighted by atomic mass is 9.96. The quantitative estimate of drug-likeness (QED) is 0.816. The van der Waals surface area contributed by atoms with Crippen molar-refractivity contribution in [2.75, 3.05) is 50.8 Å². The highest BCUT2D eigenvalue weighted by Crippen LogP contribution is 2.28. The van der Waals surface area contributed by atoms with Crippen molar-refractivity contribution >= 4 is 11.8 Å². The molecule has 0 spiro atoms. The number of rotatable bonds is 5. The molecule has 0 bridgehead atoms. The van der Waals surface area contributed by atoms with Crippen LogP contribution in [-0.2, 0) is 0 Å². The summed E-state index contributed by atoms with van der Waals surface area (Å²) < 4.78 is 0. The Kier molecular flexibility index (Phi) is 7.29. The Morgan fingerprint density at radius 3 is 2.29 bits per heavy atom. The van der Waals surface area contributed by atoms with E-state index >= 15 is 0 Å². The molecular formula is C19H37N3OS. The first-order chi connectivity index (χ1) is 11.7. The Morgan fingerprint density at radius 2 is 1.67 bits per heavy atom. The topological polar surface area (TPSA) is 30.0 Å². The Balaban J connectivity index is 1.56. The van der Waals surface area contributed by atoms with Gasteiger partial charge >= 0.3 is 0 Å². The van der Waals surface area contributed by atoms with Crippen LogP contribution in [0.25, 0.3) is 0 Å². The zero-order chi connectivity index (χ0) is 16.9. The van der Waals surface area contributed by atoms with Crippen molar-refractivity contribution in [1.29, 1.82) is 0 Å². The molecule has 24 heavy (non-hydrogen) atoms. The van der Waals surface area contributed by atoms with Crippen LogP contribution in [-0.4, -0.2) is 94.8 Å². The van der Waals surface area contributed by atoms with Crippen molar-refractivity contribution in [3.63, 3.8) is 0 Å². The average Bonchev–Trinajstić information content (AvgIpc) is 2.63. The summed E-state index contributed by atoms with van der Waals surface area (Å²) in [5, 5.41) is 9.59. The standard InChI is InChI=1S/C19H37N3OS/c1-16(2)20-8-3-18(4-9-20)22-11-10-21(15-19(22)5-12-23)17-6-13-24-14-7-17/h16-19,23H,3-15H2,1-2H3/t19-/m1/s1. The molecule has 0 aromatic carbocycles. The van der Waals surface area contributed by atoms with E-state index in [9.17, 15) is 5.11 Å². The fourth-order valence-electron chi connectivity index (χ4n) is 4.90. The van der Waals surface area contributed by atoms with Gasteiger partial charge in [0.15, 0.2) is 0 Å². The highest BCUT2D eigenvalue weighted by Gasteiger charge is 2.35. The first kappa shape index (κ1) is 19.0. The molecule has 4 nitrogen and oxygen atoms in total. The molecule has 1 atom stereocenters. The number of hydrogen-bond donors (Lipinski definition) is 1. The smallest absolute Gasteiger partial charge is 0.0446 e. The minimum Gasteiger partial charge on any atom is -0.396 e. The summed E-state index contributed by atoms with van der Waals surface area (Å²) in [6.45, 7) is 11.1. The molecule has 0 aromatic rings. The van der Waals surface area contributed by atoms with Crippen molar-refractivity contribution in [1.82, 2.24) is 14.7 Å². The maximum absolute atomic E-state index is 9.59. The van der Waals surface area contributed by atoms with Gasteiger partial charge in [0.2, 0.25) is 0 Å². The lowest BCUT2D eigenvalue weighted by Crippen LogP contribution is -2.60. The number of piperazine rings is 1. The first-order valence-electron chi connectivity index (χ1n) is 10.1. The van der Waals surface area contributed by atoms with Gasteiger partial charge in [0.05, 0.1) is 0 Å². The second kappa shape index (κ2) is 9.22. The highest BCUT2D eigenvalue weighted by molar-refractivity contribution is 7.99. The predicted molar refractivity (Wildman–Crippen MR) is 104 cm³/mol. The first-order valence-corrected chi connectivity index (χ1v) is 11.3. The van der Waals surface area contributed by atoms with E-state index in [0.29, 0.717) is 18.7 Å². The van der Waals surface area contributed by atoms with Crippen molar-refractivity contribution in [2.24, 2.45) is 0 Å². The molecule has 0 saturated carbocycles. The van der Waals surface area contributed by atoms with Gasteiger partial charge in [-0.3, -0.25) is 9.80 Å². The molecule has 0 radical (unpaired) electrons. The molecule has 1 N–H and O–H groups in total. The van der Waals surface area contributed by atoms with Gasteiger partial charge in [0.1, 0.15) is 0 Å². The van der Waals surface area contributed by atoms with Crippen LogP contribution < -0.4 is 0 Å². The summed E-state index contributed by atoms with van der Waals surface area (Å²) in [6, 6.07) is 2.78. The van der Waals surface area contributed by atoms with Gasteiger partial charge in [0.25, 0.3) is 0 Å². The molecule has 0 amide bonds. The fourth-order valence-corrected chi connectivity index (χ4v) is 5.98. The maximum atomic E-state index is 9.59. The Labute approximate surface area is 152 Å². The number of likely N-dealkylation sites (tertiary alicyclic amines) is 1. The third-order valence-corrected chi connectivity index (χ3v) is 7.48. The van der Waals surface area contributed by atoms with Crippen LogP contribution >= 0.6 is 11.8 Å². The number of hydrogen-bond acceptors (Lipinski definition) is 5. The normalized spacial score (nSPS) is 30.2. The van der Waals surface area contributed by atoms with Crippen molar-refractivity contribution in [3.8, 4) is 0 Å². The second-order valence-electron chi connectivity index (χ2n) is 8.10. The summed E-state index contributed by atoms with van der Waals surface area (Å²) in [6.07, 6.45) is 6.29. The largest absolute Gasteiger partial charge is 0.396 e. The molecule has 0 aliphatic carbocycles. The van der Waals surface area contributed by atoms with Gasteiger partial charge in [-0.15, -0.1) is 0 Å². The molecule has 3 rings (SSSR count). The number of nitrogens with zero attached hydrogens (tertiary/aromatic N) is 3. The lowest BCUT2D eigenvalue weighted by Gasteiger charge is -2.50. The van der Waals surface area contributed by atoms with Crippen LogP contribution in [0.15, 0.2) is 0 Å². The molecule has 3 aliphatic heterocycles. The van der Waals surface area contributed by atoms with Crippen molar-refractivity contribution in [3.05, 3.63) is 0 Å². The van der Waals surface area contributed by atoms with Crippen LogP contribution in [0, 0.1) is 0 Å². The highest BCUT2D eigenvalue weighted by atomic mass is 32.2. The summed E-state index contributed by atoms with van der Waals surface area (Å²) in [5.74, 6) is 2.67. The van der Waals surface area contributed by atoms with Crippen LogP contribution in [0.5, 0.6) is 0 Å². The maximum Gasteiger partial charge on any atom is 0.0446 e. The SMILES string of the molecule is CC(C)N1CCC(N2CCN(C3CCSCC3)C[C@H]2CCO)CC1. The lowest BCUT2D eigenvalue weighted by molar-refractivity contribution is -0.0118. The number of thioether (sulfide) groups is 1. The Hall–Kier alpha value is 0.190. The zero-order valence-electron chi connectivity index (χ0n) is 15.7. The van der Waals surface area contributed by atoms with E-state index in [2.05, 4.69) is 40.3 Å². The summed E-state index contributed by atoms with van der Waals surface area (Å²) in [5.41, 5.74) is 0. The van der Waals surface area contributed by atoms with E-state index < -0.39 is 0 Å². The molecule has 5 heteroatoms. The van der Waals surface area contributed by atoms with Crippen LogP contribution in [0.2, 0.25) is 0 Å². The number of piperidine rings is 1. The van der Waals surface area contributed by atoms with Gasteiger partial charge in [-0.2, -0.15) is 11.8 Å². The predicted octanol–water partition coefficient (Wildman–Crippen LogP) is 2.12. The summed E-state index contributed by atoms with van der Waals surface area (Å²) in [4.78, 5) is 8.13. The second-order valence-corrected chi connectivity index (χ2v) is 9.33. The van der Waals surface area contributed by atoms with Crippen molar-refractivity contribution in [2.45, 2.75) is 70.1 Å². The van der Waals surface area contributed by atoms with E-state index in [0.717, 1.165) is 18.5 Å². The number of aliphatic hydroxyl groups is 1. The summed E-state index contributed by atoms with van der Waals surface area (Å²) >= 11 is 2.12. The van der Waals surface area contributed by atoms with E-state index in [4.69, 9.17) is 0 Å². The fraction of sp³-hybridized carbons (Fsp3) is 1.00. The zero-order valence-corrected chi connectivity index (χ0v) is 16.5. The van der Waals surface area contributed by atoms with Gasteiger partial charge in [0, 0.05) is 50.4 Å². The van der Waals surface area contributed by atoms with E-state index in [1.54, 1.807) is 0 Å². The van der Waals surface area contributed by atoms with Gasteiger partial charge in [-0.25, -0.2) is 0 Å². The van der Waals surface area contributed by atoms with Crippen LogP contribution in [0.4, 0.5) is 0 Å². The molecule has 3 heterocycles. The molecule has 3 saturated heterocycles. The molecule has 0 aromatic heterocycles. The van der Waals surface area contributed by atoms with E-state index in [-0.39, 0.29) is 0 Å².